The average molecular weight is 364 g/mol. The highest BCUT2D eigenvalue weighted by atomic mass is 32.2. The molecule has 0 aromatic heterocycles. The molecular formula is C15H16N4O5S. The van der Waals surface area contributed by atoms with Crippen LogP contribution in [0.2, 0.25) is 0 Å². The summed E-state index contributed by atoms with van der Waals surface area (Å²) in [5.74, 6) is -0.701. The molecule has 0 unspecified atom stereocenters. The van der Waals surface area contributed by atoms with Gasteiger partial charge in [0.1, 0.15) is 11.6 Å². The number of carbonyl (C=O) groups is 2. The Labute approximate surface area is 144 Å². The van der Waals surface area contributed by atoms with Gasteiger partial charge in [-0.2, -0.15) is 13.7 Å². The number of amides is 2. The van der Waals surface area contributed by atoms with E-state index in [9.17, 15) is 23.3 Å². The van der Waals surface area contributed by atoms with E-state index in [0.717, 1.165) is 12.5 Å². The van der Waals surface area contributed by atoms with Gasteiger partial charge < -0.3 is 15.1 Å². The molecule has 0 radical (unpaired) electrons. The average Bonchev–Trinajstić information content (AvgIpc) is 2.59. The fraction of sp³-hybridized carbons (Fsp3) is 0.267. The molecule has 10 heteroatoms. The van der Waals surface area contributed by atoms with Crippen molar-refractivity contribution in [2.75, 3.05) is 31.5 Å². The number of hydrogen-bond donors (Lipinski definition) is 2. The number of nitrogens with one attached hydrogen (secondary N) is 1. The van der Waals surface area contributed by atoms with E-state index in [1.165, 1.54) is 24.4 Å². The molecule has 25 heavy (non-hydrogen) atoms. The van der Waals surface area contributed by atoms with Gasteiger partial charge in [-0.3, -0.25) is 14.1 Å². The number of benzene rings is 1. The Hall–Kier alpha value is -2.90. The molecule has 1 aromatic carbocycles. The Morgan fingerprint density at radius 2 is 1.88 bits per heavy atom. The molecule has 0 bridgehead atoms. The molecule has 0 aliphatic carbocycles. The lowest BCUT2D eigenvalue weighted by atomic mass is 10.2. The molecule has 2 rings (SSSR count). The maximum atomic E-state index is 12.2. The summed E-state index contributed by atoms with van der Waals surface area (Å²) in [7, 11) is -4.39. The summed E-state index contributed by atoms with van der Waals surface area (Å²) in [6.07, 6.45) is 2.16. The molecular weight excluding hydrogens is 348 g/mol. The van der Waals surface area contributed by atoms with Gasteiger partial charge in [-0.25, -0.2) is 0 Å². The fourth-order valence-electron chi connectivity index (χ4n) is 2.23. The highest BCUT2D eigenvalue weighted by molar-refractivity contribution is 7.85. The number of nitriles is 1. The number of carbonyl (C=O) groups excluding carboxylic acids is 2. The zero-order chi connectivity index (χ0) is 18.4. The second-order valence-electron chi connectivity index (χ2n) is 5.29. The van der Waals surface area contributed by atoms with Crippen LogP contribution in [0.3, 0.4) is 0 Å². The minimum Gasteiger partial charge on any atom is -0.373 e. The van der Waals surface area contributed by atoms with Crippen molar-refractivity contribution >= 4 is 28.1 Å². The molecule has 132 valence electrons. The Bertz CT molecular complexity index is 836. The SMILES string of the molecule is N#C/C(=C/N1CCN(C=O)CC1)C(=O)Nc1cccc(S(=O)(=O)O)c1. The van der Waals surface area contributed by atoms with Gasteiger partial charge in [0, 0.05) is 38.1 Å². The van der Waals surface area contributed by atoms with Crippen molar-refractivity contribution in [3.63, 3.8) is 0 Å². The van der Waals surface area contributed by atoms with Gasteiger partial charge >= 0.3 is 0 Å². The third-order valence-electron chi connectivity index (χ3n) is 3.56. The second kappa shape index (κ2) is 7.78. The van der Waals surface area contributed by atoms with Gasteiger partial charge in [-0.1, -0.05) is 6.07 Å². The smallest absolute Gasteiger partial charge is 0.294 e. The summed E-state index contributed by atoms with van der Waals surface area (Å²) >= 11 is 0. The topological polar surface area (TPSA) is 131 Å². The van der Waals surface area contributed by atoms with Crippen molar-refractivity contribution in [3.8, 4) is 6.07 Å². The summed E-state index contributed by atoms with van der Waals surface area (Å²) in [5.41, 5.74) is -0.0242. The lowest BCUT2D eigenvalue weighted by molar-refractivity contribution is -0.119. The van der Waals surface area contributed by atoms with Gasteiger partial charge in [0.25, 0.3) is 16.0 Å². The lowest BCUT2D eigenvalue weighted by Crippen LogP contribution is -2.43. The lowest BCUT2D eigenvalue weighted by Gasteiger charge is -2.31. The maximum absolute atomic E-state index is 12.2. The Morgan fingerprint density at radius 1 is 1.24 bits per heavy atom. The summed E-state index contributed by atoms with van der Waals surface area (Å²) in [4.78, 5) is 25.8. The van der Waals surface area contributed by atoms with Crippen LogP contribution in [0, 0.1) is 11.3 Å². The van der Waals surface area contributed by atoms with Gasteiger partial charge in [-0.05, 0) is 18.2 Å². The highest BCUT2D eigenvalue weighted by Gasteiger charge is 2.17. The van der Waals surface area contributed by atoms with Crippen LogP contribution in [0.25, 0.3) is 0 Å². The quantitative estimate of drug-likeness (QED) is 0.327. The normalized spacial score (nSPS) is 15.4. The number of piperazine rings is 1. The van der Waals surface area contributed by atoms with E-state index in [2.05, 4.69) is 5.32 Å². The van der Waals surface area contributed by atoms with Gasteiger partial charge in [0.05, 0.1) is 4.90 Å². The predicted molar refractivity (Wildman–Crippen MR) is 87.8 cm³/mol. The number of anilines is 1. The van der Waals surface area contributed by atoms with E-state index in [1.807, 2.05) is 0 Å². The van der Waals surface area contributed by atoms with Crippen molar-refractivity contribution in [1.29, 1.82) is 5.26 Å². The van der Waals surface area contributed by atoms with Crippen molar-refractivity contribution in [3.05, 3.63) is 36.0 Å². The minimum absolute atomic E-state index is 0.132. The third-order valence-corrected chi connectivity index (χ3v) is 4.41. The van der Waals surface area contributed by atoms with E-state index in [0.29, 0.717) is 26.2 Å². The van der Waals surface area contributed by atoms with Crippen LogP contribution in [0.4, 0.5) is 5.69 Å². The van der Waals surface area contributed by atoms with E-state index in [4.69, 9.17) is 4.55 Å². The minimum atomic E-state index is -4.39. The summed E-state index contributed by atoms with van der Waals surface area (Å²) < 4.78 is 31.3. The first kappa shape index (κ1) is 18.4. The monoisotopic (exact) mass is 364 g/mol. The largest absolute Gasteiger partial charge is 0.373 e. The van der Waals surface area contributed by atoms with Crippen LogP contribution in [0.1, 0.15) is 0 Å². The van der Waals surface area contributed by atoms with E-state index in [1.54, 1.807) is 15.9 Å². The molecule has 1 aliphatic rings. The molecule has 1 aromatic rings. The van der Waals surface area contributed by atoms with E-state index < -0.39 is 16.0 Å². The summed E-state index contributed by atoms with van der Waals surface area (Å²) in [6.45, 7) is 1.98. The number of rotatable bonds is 5. The van der Waals surface area contributed by atoms with Crippen LogP contribution in [-0.4, -0.2) is 61.3 Å². The van der Waals surface area contributed by atoms with E-state index >= 15 is 0 Å². The molecule has 9 nitrogen and oxygen atoms in total. The van der Waals surface area contributed by atoms with Crippen molar-refractivity contribution in [2.24, 2.45) is 0 Å². The first-order valence-corrected chi connectivity index (χ1v) is 8.71. The molecule has 2 N–H and O–H groups in total. The highest BCUT2D eigenvalue weighted by Crippen LogP contribution is 2.16. The molecule has 1 saturated heterocycles. The Balaban J connectivity index is 2.09. The molecule has 0 saturated carbocycles. The van der Waals surface area contributed by atoms with E-state index in [-0.39, 0.29) is 16.2 Å². The van der Waals surface area contributed by atoms with Crippen LogP contribution in [-0.2, 0) is 19.7 Å². The molecule has 1 aliphatic heterocycles. The molecule has 1 fully saturated rings. The van der Waals surface area contributed by atoms with Crippen LogP contribution >= 0.6 is 0 Å². The van der Waals surface area contributed by atoms with Crippen LogP contribution in [0.15, 0.2) is 40.9 Å². The first-order chi connectivity index (χ1) is 11.8. The van der Waals surface area contributed by atoms with Gasteiger partial charge in [0.2, 0.25) is 6.41 Å². The third kappa shape index (κ3) is 5.03. The molecule has 0 atom stereocenters. The summed E-state index contributed by atoms with van der Waals surface area (Å²) in [6, 6.07) is 6.85. The molecule has 2 amide bonds. The number of hydrogen-bond acceptors (Lipinski definition) is 6. The van der Waals surface area contributed by atoms with Gasteiger partial charge in [0.15, 0.2) is 0 Å². The zero-order valence-corrected chi connectivity index (χ0v) is 13.9. The second-order valence-corrected chi connectivity index (χ2v) is 6.71. The van der Waals surface area contributed by atoms with Crippen molar-refractivity contribution in [2.45, 2.75) is 4.90 Å². The molecule has 0 spiro atoms. The first-order valence-electron chi connectivity index (χ1n) is 7.27. The standard InChI is InChI=1S/C15H16N4O5S/c16-9-12(10-18-4-6-19(11-20)7-5-18)15(21)17-13-2-1-3-14(8-13)25(22,23)24/h1-3,8,10-11H,4-7H2,(H,17,21)(H,22,23,24)/b12-10-. The van der Waals surface area contributed by atoms with Crippen LogP contribution in [0.5, 0.6) is 0 Å². The molecule has 1 heterocycles. The zero-order valence-electron chi connectivity index (χ0n) is 13.1. The Kier molecular flexibility index (Phi) is 5.74. The van der Waals surface area contributed by atoms with Crippen LogP contribution < -0.4 is 5.32 Å². The summed E-state index contributed by atoms with van der Waals surface area (Å²) in [5, 5.41) is 11.6. The van der Waals surface area contributed by atoms with Crippen molar-refractivity contribution in [1.82, 2.24) is 9.80 Å². The Morgan fingerprint density at radius 3 is 2.44 bits per heavy atom. The number of nitrogens with zero attached hydrogens (tertiary/aromatic N) is 3. The van der Waals surface area contributed by atoms with Gasteiger partial charge in [-0.15, -0.1) is 0 Å². The van der Waals surface area contributed by atoms with Crippen molar-refractivity contribution < 1.29 is 22.6 Å². The predicted octanol–water partition coefficient (Wildman–Crippen LogP) is 0.0533. The maximum Gasteiger partial charge on any atom is 0.294 e. The fourth-order valence-corrected chi connectivity index (χ4v) is 2.75.